The fourth-order valence-electron chi connectivity index (χ4n) is 1.95. The zero-order valence-electron chi connectivity index (χ0n) is 11.8. The van der Waals surface area contributed by atoms with E-state index in [1.54, 1.807) is 47.4 Å². The Hall–Kier alpha value is -3.11. The average Bonchev–Trinajstić information content (AvgIpc) is 3.10. The van der Waals surface area contributed by atoms with Gasteiger partial charge in [-0.1, -0.05) is 0 Å². The molecule has 0 aliphatic heterocycles. The van der Waals surface area contributed by atoms with Gasteiger partial charge in [0.25, 0.3) is 0 Å². The third-order valence-corrected chi connectivity index (χ3v) is 4.35. The highest BCUT2D eigenvalue weighted by atomic mass is 32.2. The minimum Gasteiger partial charge on any atom is -0.379 e. The van der Waals surface area contributed by atoms with E-state index >= 15 is 0 Å². The summed E-state index contributed by atoms with van der Waals surface area (Å²) in [6.45, 7) is 0. The van der Waals surface area contributed by atoms with Crippen molar-refractivity contribution in [2.45, 2.75) is 4.90 Å². The van der Waals surface area contributed by atoms with Crippen LogP contribution in [0.3, 0.4) is 0 Å². The van der Waals surface area contributed by atoms with Crippen molar-refractivity contribution in [3.05, 3.63) is 72.6 Å². The Morgan fingerprint density at radius 1 is 1.04 bits per heavy atom. The molecular weight excluding hydrogens is 314 g/mol. The molecule has 0 aliphatic rings. The number of nitrogens with zero attached hydrogens (tertiary/aromatic N) is 3. The van der Waals surface area contributed by atoms with Gasteiger partial charge in [0, 0.05) is 12.4 Å². The normalized spacial score (nSPS) is 10.9. The third-order valence-electron chi connectivity index (χ3n) is 3.08. The predicted molar refractivity (Wildman–Crippen MR) is 82.5 cm³/mol. The lowest BCUT2D eigenvalue weighted by atomic mass is 10.2. The lowest BCUT2D eigenvalue weighted by Crippen LogP contribution is -2.09. The maximum Gasteiger partial charge on any atom is 0.339 e. The van der Waals surface area contributed by atoms with E-state index in [-0.39, 0.29) is 10.6 Å². The number of aromatic nitrogens is 2. The molecule has 0 saturated carbocycles. The van der Waals surface area contributed by atoms with Crippen LogP contribution < -0.4 is 4.18 Å². The van der Waals surface area contributed by atoms with Gasteiger partial charge < -0.3 is 4.18 Å². The molecule has 0 bridgehead atoms. The maximum absolute atomic E-state index is 12.2. The molecule has 1 heterocycles. The summed E-state index contributed by atoms with van der Waals surface area (Å²) in [5, 5.41) is 12.8. The van der Waals surface area contributed by atoms with Crippen LogP contribution in [0, 0.1) is 11.3 Å². The van der Waals surface area contributed by atoms with Gasteiger partial charge in [0.15, 0.2) is 0 Å². The predicted octanol–water partition coefficient (Wildman–Crippen LogP) is 2.51. The first-order valence-corrected chi connectivity index (χ1v) is 8.04. The number of rotatable bonds is 4. The largest absolute Gasteiger partial charge is 0.379 e. The van der Waals surface area contributed by atoms with Gasteiger partial charge in [-0.15, -0.1) is 0 Å². The van der Waals surface area contributed by atoms with E-state index < -0.39 is 10.1 Å². The first-order valence-electron chi connectivity index (χ1n) is 6.63. The summed E-state index contributed by atoms with van der Waals surface area (Å²) in [5.41, 5.74) is 1.17. The van der Waals surface area contributed by atoms with E-state index in [0.717, 1.165) is 5.69 Å². The Morgan fingerprint density at radius 3 is 2.30 bits per heavy atom. The van der Waals surface area contributed by atoms with Gasteiger partial charge in [0.1, 0.15) is 10.6 Å². The van der Waals surface area contributed by atoms with Gasteiger partial charge in [-0.25, -0.2) is 4.68 Å². The zero-order chi connectivity index (χ0) is 16.3. The van der Waals surface area contributed by atoms with Crippen LogP contribution in [0.15, 0.2) is 71.9 Å². The smallest absolute Gasteiger partial charge is 0.339 e. The lowest BCUT2D eigenvalue weighted by molar-refractivity contribution is 0.486. The van der Waals surface area contributed by atoms with E-state index in [1.165, 1.54) is 24.3 Å². The van der Waals surface area contributed by atoms with Gasteiger partial charge >= 0.3 is 10.1 Å². The van der Waals surface area contributed by atoms with Crippen molar-refractivity contribution in [1.29, 1.82) is 5.26 Å². The first kappa shape index (κ1) is 14.8. The van der Waals surface area contributed by atoms with E-state index in [0.29, 0.717) is 5.56 Å². The summed E-state index contributed by atoms with van der Waals surface area (Å²) in [6, 6.07) is 15.8. The summed E-state index contributed by atoms with van der Waals surface area (Å²) in [5.74, 6) is 0.199. The molecule has 0 fully saturated rings. The Kier molecular flexibility index (Phi) is 3.83. The van der Waals surface area contributed by atoms with Crippen LogP contribution in [0.2, 0.25) is 0 Å². The van der Waals surface area contributed by atoms with Gasteiger partial charge in [-0.2, -0.15) is 18.8 Å². The number of hydrogen-bond acceptors (Lipinski definition) is 5. The van der Waals surface area contributed by atoms with E-state index in [1.807, 2.05) is 6.07 Å². The molecule has 7 heteroatoms. The Labute approximate surface area is 133 Å². The zero-order valence-corrected chi connectivity index (χ0v) is 12.6. The molecule has 2 aromatic carbocycles. The average molecular weight is 325 g/mol. The molecule has 0 aliphatic carbocycles. The van der Waals surface area contributed by atoms with Gasteiger partial charge in [-0.05, 0) is 54.6 Å². The molecule has 0 saturated heterocycles. The van der Waals surface area contributed by atoms with Crippen molar-refractivity contribution in [1.82, 2.24) is 9.78 Å². The molecule has 1 aromatic heterocycles. The molecule has 0 unspecified atom stereocenters. The van der Waals surface area contributed by atoms with Crippen LogP contribution in [0.25, 0.3) is 5.69 Å². The molecule has 114 valence electrons. The fraction of sp³-hybridized carbons (Fsp3) is 0. The number of hydrogen-bond donors (Lipinski definition) is 0. The molecule has 0 amide bonds. The maximum atomic E-state index is 12.2. The number of benzene rings is 2. The van der Waals surface area contributed by atoms with Crippen molar-refractivity contribution in [2.75, 3.05) is 0 Å². The van der Waals surface area contributed by atoms with Crippen LogP contribution in [0.1, 0.15) is 5.56 Å². The lowest BCUT2D eigenvalue weighted by Gasteiger charge is -2.08. The van der Waals surface area contributed by atoms with Crippen molar-refractivity contribution in [3.63, 3.8) is 0 Å². The summed E-state index contributed by atoms with van der Waals surface area (Å²) < 4.78 is 31.1. The van der Waals surface area contributed by atoms with Crippen molar-refractivity contribution in [2.24, 2.45) is 0 Å². The molecule has 0 radical (unpaired) electrons. The van der Waals surface area contributed by atoms with Crippen molar-refractivity contribution >= 4 is 10.1 Å². The number of nitriles is 1. The van der Waals surface area contributed by atoms with Gasteiger partial charge in [0.2, 0.25) is 0 Å². The van der Waals surface area contributed by atoms with E-state index in [2.05, 4.69) is 5.10 Å². The standard InChI is InChI=1S/C16H11N3O3S/c17-12-13-2-8-16(9-3-13)23(20,21)22-15-6-4-14(5-7-15)19-11-1-10-18-19/h1-11H. The molecule has 0 spiro atoms. The highest BCUT2D eigenvalue weighted by Gasteiger charge is 2.16. The van der Waals surface area contributed by atoms with Crippen LogP contribution in [0.4, 0.5) is 0 Å². The summed E-state index contributed by atoms with van der Waals surface area (Å²) in [4.78, 5) is -0.00680. The van der Waals surface area contributed by atoms with Crippen LogP contribution in [-0.4, -0.2) is 18.2 Å². The summed E-state index contributed by atoms with van der Waals surface area (Å²) >= 11 is 0. The molecular formula is C16H11N3O3S. The molecule has 0 N–H and O–H groups in total. The fourth-order valence-corrected chi connectivity index (χ4v) is 2.88. The second-order valence-electron chi connectivity index (χ2n) is 4.62. The van der Waals surface area contributed by atoms with Crippen LogP contribution in [0.5, 0.6) is 5.75 Å². The summed E-state index contributed by atoms with van der Waals surface area (Å²) in [6.07, 6.45) is 3.43. The van der Waals surface area contributed by atoms with E-state index in [9.17, 15) is 8.42 Å². The Balaban J connectivity index is 1.81. The molecule has 3 rings (SSSR count). The molecule has 6 nitrogen and oxygen atoms in total. The minimum atomic E-state index is -3.94. The van der Waals surface area contributed by atoms with E-state index in [4.69, 9.17) is 9.44 Å². The summed E-state index contributed by atoms with van der Waals surface area (Å²) in [7, 11) is -3.94. The van der Waals surface area contributed by atoms with Crippen LogP contribution in [-0.2, 0) is 10.1 Å². The molecule has 0 atom stereocenters. The second kappa shape index (κ2) is 5.94. The highest BCUT2D eigenvalue weighted by Crippen LogP contribution is 2.20. The van der Waals surface area contributed by atoms with Gasteiger partial charge in [0.05, 0.1) is 17.3 Å². The second-order valence-corrected chi connectivity index (χ2v) is 6.16. The quantitative estimate of drug-likeness (QED) is 0.688. The Morgan fingerprint density at radius 2 is 1.74 bits per heavy atom. The highest BCUT2D eigenvalue weighted by molar-refractivity contribution is 7.87. The SMILES string of the molecule is N#Cc1ccc(S(=O)(=O)Oc2ccc(-n3cccn3)cc2)cc1. The van der Waals surface area contributed by atoms with Crippen molar-refractivity contribution in [3.8, 4) is 17.5 Å². The third kappa shape index (κ3) is 3.22. The topological polar surface area (TPSA) is 85.0 Å². The molecule has 23 heavy (non-hydrogen) atoms. The van der Waals surface area contributed by atoms with Crippen LogP contribution >= 0.6 is 0 Å². The first-order chi connectivity index (χ1) is 11.1. The molecule has 3 aromatic rings. The monoisotopic (exact) mass is 325 g/mol. The Bertz CT molecular complexity index is 939. The van der Waals surface area contributed by atoms with Crippen molar-refractivity contribution < 1.29 is 12.6 Å². The van der Waals surface area contributed by atoms with Gasteiger partial charge in [-0.3, -0.25) is 0 Å². The minimum absolute atomic E-state index is 0.00680.